The maximum Gasteiger partial charge on any atom is 0.212 e. The van der Waals surface area contributed by atoms with E-state index >= 15 is 0 Å². The lowest BCUT2D eigenvalue weighted by atomic mass is 9.95. The standard InChI is InChI=1S/C12H16IN5/c1-2-9-3-5-17(6-4-9)12-14-7-10(13)11-16-15-8-18(11)12/h7-9H,2-6H2,1H3. The SMILES string of the molecule is CCC1CCN(c2ncc(I)c3nncn23)CC1. The lowest BCUT2D eigenvalue weighted by Gasteiger charge is -2.32. The molecule has 0 bridgehead atoms. The summed E-state index contributed by atoms with van der Waals surface area (Å²) < 4.78 is 3.03. The van der Waals surface area contributed by atoms with E-state index in [-0.39, 0.29) is 0 Å². The molecule has 1 saturated heterocycles. The van der Waals surface area contributed by atoms with Crippen LogP contribution in [0.2, 0.25) is 0 Å². The Balaban J connectivity index is 1.91. The third-order valence-corrected chi connectivity index (χ3v) is 4.51. The van der Waals surface area contributed by atoms with Crippen LogP contribution >= 0.6 is 22.6 Å². The van der Waals surface area contributed by atoms with Crippen molar-refractivity contribution < 1.29 is 0 Å². The van der Waals surface area contributed by atoms with Crippen LogP contribution in [0.4, 0.5) is 5.95 Å². The molecule has 1 aliphatic heterocycles. The van der Waals surface area contributed by atoms with Gasteiger partial charge < -0.3 is 4.90 Å². The predicted molar refractivity (Wildman–Crippen MR) is 78.7 cm³/mol. The number of hydrogen-bond acceptors (Lipinski definition) is 4. The van der Waals surface area contributed by atoms with Crippen LogP contribution < -0.4 is 4.90 Å². The molecule has 0 saturated carbocycles. The fourth-order valence-corrected chi connectivity index (χ4v) is 3.06. The van der Waals surface area contributed by atoms with Crippen LogP contribution in [0, 0.1) is 9.49 Å². The normalized spacial score (nSPS) is 17.6. The summed E-state index contributed by atoms with van der Waals surface area (Å²) in [6.45, 7) is 4.44. The zero-order valence-corrected chi connectivity index (χ0v) is 12.5. The van der Waals surface area contributed by atoms with Gasteiger partial charge in [0.1, 0.15) is 6.33 Å². The lowest BCUT2D eigenvalue weighted by molar-refractivity contribution is 0.391. The van der Waals surface area contributed by atoms with Gasteiger partial charge in [0.05, 0.1) is 3.57 Å². The minimum atomic E-state index is 0.876. The van der Waals surface area contributed by atoms with Gasteiger partial charge in [-0.15, -0.1) is 10.2 Å². The van der Waals surface area contributed by atoms with Gasteiger partial charge in [0.2, 0.25) is 5.95 Å². The van der Waals surface area contributed by atoms with E-state index in [0.29, 0.717) is 0 Å². The molecule has 0 aliphatic carbocycles. The summed E-state index contributed by atoms with van der Waals surface area (Å²) in [5.41, 5.74) is 0.901. The van der Waals surface area contributed by atoms with E-state index in [9.17, 15) is 0 Å². The van der Waals surface area contributed by atoms with Crippen molar-refractivity contribution in [1.82, 2.24) is 19.6 Å². The van der Waals surface area contributed by atoms with Crippen molar-refractivity contribution in [2.24, 2.45) is 5.92 Å². The molecule has 1 fully saturated rings. The summed E-state index contributed by atoms with van der Waals surface area (Å²) in [7, 11) is 0. The molecule has 0 radical (unpaired) electrons. The maximum atomic E-state index is 4.55. The third-order valence-electron chi connectivity index (χ3n) is 3.74. The first-order valence-corrected chi connectivity index (χ1v) is 7.46. The fourth-order valence-electron chi connectivity index (χ4n) is 2.55. The van der Waals surface area contributed by atoms with Crippen molar-refractivity contribution >= 4 is 34.2 Å². The summed E-state index contributed by atoms with van der Waals surface area (Å²) in [6.07, 6.45) is 7.44. The second-order valence-electron chi connectivity index (χ2n) is 4.77. The molecule has 0 unspecified atom stereocenters. The van der Waals surface area contributed by atoms with Gasteiger partial charge in [-0.05, 0) is 41.4 Å². The first-order valence-electron chi connectivity index (χ1n) is 6.38. The molecular weight excluding hydrogens is 341 g/mol. The summed E-state index contributed by atoms with van der Waals surface area (Å²) in [5.74, 6) is 1.85. The van der Waals surface area contributed by atoms with Gasteiger partial charge in [-0.2, -0.15) is 0 Å². The monoisotopic (exact) mass is 357 g/mol. The minimum absolute atomic E-state index is 0.876. The number of halogens is 1. The van der Waals surface area contributed by atoms with Crippen LogP contribution in [0.3, 0.4) is 0 Å². The quantitative estimate of drug-likeness (QED) is 0.775. The van der Waals surface area contributed by atoms with Crippen molar-refractivity contribution in [2.45, 2.75) is 26.2 Å². The molecule has 0 spiro atoms. The minimum Gasteiger partial charge on any atom is -0.342 e. The largest absolute Gasteiger partial charge is 0.342 e. The van der Waals surface area contributed by atoms with Gasteiger partial charge in [-0.1, -0.05) is 13.3 Å². The Bertz CT molecular complexity index is 544. The molecule has 2 aromatic heterocycles. The summed E-state index contributed by atoms with van der Waals surface area (Å²) >= 11 is 2.25. The van der Waals surface area contributed by atoms with E-state index in [1.165, 1.54) is 19.3 Å². The number of piperidine rings is 1. The summed E-state index contributed by atoms with van der Waals surface area (Å²) in [4.78, 5) is 6.90. The second kappa shape index (κ2) is 4.99. The highest BCUT2D eigenvalue weighted by Crippen LogP contribution is 2.24. The van der Waals surface area contributed by atoms with Crippen molar-refractivity contribution in [3.8, 4) is 0 Å². The number of fused-ring (bicyclic) bond motifs is 1. The number of nitrogens with zero attached hydrogens (tertiary/aromatic N) is 5. The predicted octanol–water partition coefficient (Wildman–Crippen LogP) is 2.36. The molecule has 1 aliphatic rings. The van der Waals surface area contributed by atoms with E-state index in [1.54, 1.807) is 6.33 Å². The smallest absolute Gasteiger partial charge is 0.212 e. The van der Waals surface area contributed by atoms with E-state index in [1.807, 2.05) is 10.6 Å². The Morgan fingerprint density at radius 3 is 2.89 bits per heavy atom. The Labute approximate surface area is 120 Å². The zero-order valence-electron chi connectivity index (χ0n) is 10.4. The highest BCUT2D eigenvalue weighted by Gasteiger charge is 2.21. The van der Waals surface area contributed by atoms with Crippen LogP contribution in [-0.4, -0.2) is 32.7 Å². The van der Waals surface area contributed by atoms with E-state index in [2.05, 4.69) is 49.6 Å². The van der Waals surface area contributed by atoms with Gasteiger partial charge in [-0.25, -0.2) is 4.98 Å². The summed E-state index contributed by atoms with van der Waals surface area (Å²) in [5, 5.41) is 8.13. The zero-order chi connectivity index (χ0) is 12.5. The van der Waals surface area contributed by atoms with Crippen LogP contribution in [0.15, 0.2) is 12.5 Å². The van der Waals surface area contributed by atoms with Gasteiger partial charge in [0.25, 0.3) is 0 Å². The topological polar surface area (TPSA) is 46.3 Å². The van der Waals surface area contributed by atoms with Crippen LogP contribution in [0.25, 0.3) is 5.65 Å². The molecule has 2 aromatic rings. The number of aromatic nitrogens is 4. The molecule has 3 rings (SSSR count). The molecule has 0 amide bonds. The molecule has 18 heavy (non-hydrogen) atoms. The van der Waals surface area contributed by atoms with Crippen molar-refractivity contribution in [3.63, 3.8) is 0 Å². The van der Waals surface area contributed by atoms with E-state index < -0.39 is 0 Å². The van der Waals surface area contributed by atoms with Crippen molar-refractivity contribution in [2.75, 3.05) is 18.0 Å². The molecule has 0 aromatic carbocycles. The Morgan fingerprint density at radius 2 is 2.17 bits per heavy atom. The van der Waals surface area contributed by atoms with Crippen molar-refractivity contribution in [3.05, 3.63) is 16.1 Å². The van der Waals surface area contributed by atoms with E-state index in [0.717, 1.165) is 34.2 Å². The molecule has 0 atom stereocenters. The molecule has 0 N–H and O–H groups in total. The highest BCUT2D eigenvalue weighted by molar-refractivity contribution is 14.1. The Morgan fingerprint density at radius 1 is 1.39 bits per heavy atom. The van der Waals surface area contributed by atoms with Crippen LogP contribution in [0.1, 0.15) is 26.2 Å². The summed E-state index contributed by atoms with van der Waals surface area (Å²) in [6, 6.07) is 0. The highest BCUT2D eigenvalue weighted by atomic mass is 127. The van der Waals surface area contributed by atoms with Gasteiger partial charge in [0.15, 0.2) is 5.65 Å². The van der Waals surface area contributed by atoms with Crippen molar-refractivity contribution in [1.29, 1.82) is 0 Å². The maximum absolute atomic E-state index is 4.55. The molecule has 6 heteroatoms. The number of rotatable bonds is 2. The van der Waals surface area contributed by atoms with E-state index in [4.69, 9.17) is 0 Å². The Hall–Kier alpha value is -0.920. The average Bonchev–Trinajstić information content (AvgIpc) is 2.90. The molecule has 96 valence electrons. The number of anilines is 1. The molecule has 3 heterocycles. The number of hydrogen-bond donors (Lipinski definition) is 0. The van der Waals surface area contributed by atoms with Gasteiger partial charge >= 0.3 is 0 Å². The fraction of sp³-hybridized carbons (Fsp3) is 0.583. The first kappa shape index (κ1) is 12.1. The molecular formula is C12H16IN5. The first-order chi connectivity index (χ1) is 8.79. The Kier molecular flexibility index (Phi) is 3.36. The lowest BCUT2D eigenvalue weighted by Crippen LogP contribution is -2.35. The van der Waals surface area contributed by atoms with Gasteiger partial charge in [-0.3, -0.25) is 4.40 Å². The second-order valence-corrected chi connectivity index (χ2v) is 5.93. The van der Waals surface area contributed by atoms with Crippen LogP contribution in [-0.2, 0) is 0 Å². The van der Waals surface area contributed by atoms with Crippen LogP contribution in [0.5, 0.6) is 0 Å². The molecule has 5 nitrogen and oxygen atoms in total. The van der Waals surface area contributed by atoms with Gasteiger partial charge in [0, 0.05) is 19.3 Å². The third kappa shape index (κ3) is 2.06. The average molecular weight is 357 g/mol.